The number of sulfonamides is 1. The minimum atomic E-state index is -3.67. The number of rotatable bonds is 9. The highest BCUT2D eigenvalue weighted by atomic mass is 32.2. The van der Waals surface area contributed by atoms with E-state index in [0.29, 0.717) is 41.0 Å². The Labute approximate surface area is 239 Å². The molecule has 0 bridgehead atoms. The van der Waals surface area contributed by atoms with Crippen LogP contribution in [0.25, 0.3) is 0 Å². The van der Waals surface area contributed by atoms with Crippen LogP contribution in [0.3, 0.4) is 0 Å². The Balaban J connectivity index is 1.20. The standard InChI is InChI=1S/C26H28N4O5S4/c27-25(31)23-7-5-21(30(32)33)15-18(23)16-22-6-8-24(38-22)39(34,35)29-11-9-20(10-12-29)28-19-3-1-17(2-4-19)26-36-13-14-37-26/h1-8,15,20,26,28H,9-14,16H2,(H2,27,31). The number of carbonyl (C=O) groups is 1. The number of piperidine rings is 1. The van der Waals surface area contributed by atoms with Crippen LogP contribution in [0.15, 0.2) is 58.8 Å². The summed E-state index contributed by atoms with van der Waals surface area (Å²) in [5.41, 5.74) is 8.24. The largest absolute Gasteiger partial charge is 0.382 e. The molecule has 0 spiro atoms. The monoisotopic (exact) mass is 604 g/mol. The Morgan fingerprint density at radius 1 is 1.05 bits per heavy atom. The number of anilines is 1. The van der Waals surface area contributed by atoms with Crippen LogP contribution in [0.1, 0.15) is 43.8 Å². The van der Waals surface area contributed by atoms with Gasteiger partial charge in [0.05, 0.1) is 9.51 Å². The molecule has 0 radical (unpaired) electrons. The van der Waals surface area contributed by atoms with Crippen LogP contribution < -0.4 is 11.1 Å². The second kappa shape index (κ2) is 11.9. The van der Waals surface area contributed by atoms with Gasteiger partial charge in [0.25, 0.3) is 15.7 Å². The topological polar surface area (TPSA) is 136 Å². The van der Waals surface area contributed by atoms with E-state index >= 15 is 0 Å². The average molecular weight is 605 g/mol. The Hall–Kier alpha value is -2.58. The van der Waals surface area contributed by atoms with E-state index in [1.807, 2.05) is 23.5 Å². The fourth-order valence-corrected chi connectivity index (χ4v) is 10.6. The maximum absolute atomic E-state index is 13.3. The van der Waals surface area contributed by atoms with Crippen LogP contribution in [0.2, 0.25) is 0 Å². The van der Waals surface area contributed by atoms with E-state index in [1.165, 1.54) is 39.6 Å². The Bertz CT molecular complexity index is 1460. The molecule has 0 saturated carbocycles. The molecule has 0 unspecified atom stereocenters. The highest BCUT2D eigenvalue weighted by Crippen LogP contribution is 2.45. The maximum atomic E-state index is 13.3. The molecule has 3 aromatic rings. The van der Waals surface area contributed by atoms with Gasteiger partial charge in [-0.2, -0.15) is 4.31 Å². The SMILES string of the molecule is NC(=O)c1ccc([N+](=O)[O-])cc1Cc1ccc(S(=O)(=O)N2CCC(Nc3ccc(C4SCCS4)cc3)CC2)s1. The molecule has 5 rings (SSSR count). The van der Waals surface area contributed by atoms with Crippen LogP contribution >= 0.6 is 34.9 Å². The van der Waals surface area contributed by atoms with Crippen LogP contribution in [-0.2, 0) is 16.4 Å². The van der Waals surface area contributed by atoms with E-state index in [0.717, 1.165) is 17.0 Å². The van der Waals surface area contributed by atoms with E-state index in [1.54, 1.807) is 12.1 Å². The van der Waals surface area contributed by atoms with Crippen LogP contribution in [-0.4, -0.2) is 54.2 Å². The average Bonchev–Trinajstić information content (AvgIpc) is 3.62. The van der Waals surface area contributed by atoms with Crippen molar-refractivity contribution in [2.75, 3.05) is 29.9 Å². The van der Waals surface area contributed by atoms with Gasteiger partial charge in [0.1, 0.15) is 4.21 Å². The lowest BCUT2D eigenvalue weighted by Crippen LogP contribution is -2.42. The van der Waals surface area contributed by atoms with E-state index in [2.05, 4.69) is 29.6 Å². The lowest BCUT2D eigenvalue weighted by Gasteiger charge is -2.31. The molecular formula is C26H28N4O5S4. The first kappa shape index (κ1) is 28.0. The number of thioether (sulfide) groups is 2. The number of amides is 1. The van der Waals surface area contributed by atoms with Gasteiger partial charge >= 0.3 is 0 Å². The summed E-state index contributed by atoms with van der Waals surface area (Å²) in [4.78, 5) is 23.1. The first-order valence-corrected chi connectivity index (χ1v) is 16.8. The minimum Gasteiger partial charge on any atom is -0.382 e. The van der Waals surface area contributed by atoms with Gasteiger partial charge in [-0.05, 0) is 54.3 Å². The van der Waals surface area contributed by atoms with E-state index in [4.69, 9.17) is 5.73 Å². The summed E-state index contributed by atoms with van der Waals surface area (Å²) < 4.78 is 28.9. The molecule has 3 N–H and O–H groups in total. The zero-order chi connectivity index (χ0) is 27.6. The predicted molar refractivity (Wildman–Crippen MR) is 158 cm³/mol. The number of primary amides is 1. The molecule has 0 aliphatic carbocycles. The molecule has 3 heterocycles. The van der Waals surface area contributed by atoms with Crippen molar-refractivity contribution < 1.29 is 18.1 Å². The molecular weight excluding hydrogens is 577 g/mol. The molecule has 2 fully saturated rings. The predicted octanol–water partition coefficient (Wildman–Crippen LogP) is 5.09. The van der Waals surface area contributed by atoms with Crippen molar-refractivity contribution >= 4 is 62.2 Å². The Morgan fingerprint density at radius 2 is 1.74 bits per heavy atom. The number of hydrogen-bond donors (Lipinski definition) is 2. The minimum absolute atomic E-state index is 0.154. The molecule has 1 aromatic heterocycles. The van der Waals surface area contributed by atoms with Crippen LogP contribution in [0.5, 0.6) is 0 Å². The van der Waals surface area contributed by atoms with Crippen molar-refractivity contribution in [3.8, 4) is 0 Å². The summed E-state index contributed by atoms with van der Waals surface area (Å²) in [6.45, 7) is 0.828. The van der Waals surface area contributed by atoms with Crippen molar-refractivity contribution in [1.29, 1.82) is 0 Å². The molecule has 1 amide bonds. The first-order chi connectivity index (χ1) is 18.7. The highest BCUT2D eigenvalue weighted by Gasteiger charge is 2.31. The molecule has 9 nitrogen and oxygen atoms in total. The normalized spacial score (nSPS) is 17.3. The summed E-state index contributed by atoms with van der Waals surface area (Å²) in [6, 6.07) is 15.9. The Morgan fingerprint density at radius 3 is 2.38 bits per heavy atom. The van der Waals surface area contributed by atoms with Crippen molar-refractivity contribution in [3.05, 3.63) is 86.3 Å². The third-order valence-electron chi connectivity index (χ3n) is 6.79. The molecule has 2 saturated heterocycles. The molecule has 2 aromatic carbocycles. The summed E-state index contributed by atoms with van der Waals surface area (Å²) in [6.07, 6.45) is 1.56. The number of nitrogens with two attached hydrogens (primary N) is 1. The molecule has 206 valence electrons. The van der Waals surface area contributed by atoms with Crippen molar-refractivity contribution in [1.82, 2.24) is 4.31 Å². The number of benzene rings is 2. The molecule has 2 aliphatic rings. The smallest absolute Gasteiger partial charge is 0.269 e. The van der Waals surface area contributed by atoms with E-state index in [9.17, 15) is 23.3 Å². The van der Waals surface area contributed by atoms with Gasteiger partial charge < -0.3 is 11.1 Å². The van der Waals surface area contributed by atoms with Crippen molar-refractivity contribution in [3.63, 3.8) is 0 Å². The van der Waals surface area contributed by atoms with Crippen LogP contribution in [0.4, 0.5) is 11.4 Å². The zero-order valence-electron chi connectivity index (χ0n) is 20.9. The summed E-state index contributed by atoms with van der Waals surface area (Å²) >= 11 is 5.07. The zero-order valence-corrected chi connectivity index (χ0v) is 24.2. The van der Waals surface area contributed by atoms with Gasteiger partial charge in [-0.3, -0.25) is 14.9 Å². The van der Waals surface area contributed by atoms with Gasteiger partial charge in [-0.1, -0.05) is 12.1 Å². The summed E-state index contributed by atoms with van der Waals surface area (Å²) in [5.74, 6) is 1.69. The van der Waals surface area contributed by atoms with Gasteiger partial charge in [-0.15, -0.1) is 34.9 Å². The number of hydrogen-bond acceptors (Lipinski definition) is 9. The molecule has 0 atom stereocenters. The van der Waals surface area contributed by atoms with E-state index in [-0.39, 0.29) is 27.9 Å². The van der Waals surface area contributed by atoms with Crippen molar-refractivity contribution in [2.45, 2.75) is 34.1 Å². The maximum Gasteiger partial charge on any atom is 0.269 e. The number of thiophene rings is 1. The lowest BCUT2D eigenvalue weighted by molar-refractivity contribution is -0.384. The van der Waals surface area contributed by atoms with Crippen molar-refractivity contribution in [2.24, 2.45) is 5.73 Å². The quantitative estimate of drug-likeness (QED) is 0.255. The van der Waals surface area contributed by atoms with Crippen LogP contribution in [0, 0.1) is 10.1 Å². The first-order valence-electron chi connectivity index (χ1n) is 12.5. The third kappa shape index (κ3) is 6.43. The molecule has 2 aliphatic heterocycles. The summed E-state index contributed by atoms with van der Waals surface area (Å²) in [5, 5.41) is 14.7. The highest BCUT2D eigenvalue weighted by molar-refractivity contribution is 8.19. The van der Waals surface area contributed by atoms with Gasteiger partial charge in [0.15, 0.2) is 0 Å². The Kier molecular flexibility index (Phi) is 8.52. The lowest BCUT2D eigenvalue weighted by atomic mass is 10.0. The number of nitrogens with one attached hydrogen (secondary N) is 1. The third-order valence-corrected chi connectivity index (χ3v) is 13.3. The number of non-ortho nitro benzene ring substituents is 1. The number of nitro groups is 1. The van der Waals surface area contributed by atoms with Gasteiger partial charge in [0, 0.05) is 65.3 Å². The second-order valence-electron chi connectivity index (χ2n) is 9.38. The second-order valence-corrected chi connectivity index (χ2v) is 15.4. The fourth-order valence-electron chi connectivity index (χ4n) is 4.75. The summed E-state index contributed by atoms with van der Waals surface area (Å²) in [7, 11) is -3.67. The van der Waals surface area contributed by atoms with E-state index < -0.39 is 20.9 Å². The van der Waals surface area contributed by atoms with Gasteiger partial charge in [-0.25, -0.2) is 8.42 Å². The number of nitrogens with zero attached hydrogens (tertiary/aromatic N) is 2. The molecule has 39 heavy (non-hydrogen) atoms. The number of carbonyl (C=O) groups excluding carboxylic acids is 1. The van der Waals surface area contributed by atoms with Gasteiger partial charge in [0.2, 0.25) is 5.91 Å². The molecule has 13 heteroatoms. The number of nitro benzene ring substituents is 1. The fraction of sp³-hybridized carbons (Fsp3) is 0.346.